The molecule has 4 nitrogen and oxygen atoms in total. The number of rotatable bonds is 13. The lowest BCUT2D eigenvalue weighted by Crippen LogP contribution is -2.42. The molecule has 3 rings (SSSR count). The summed E-state index contributed by atoms with van der Waals surface area (Å²) < 4.78 is 17.9. The summed E-state index contributed by atoms with van der Waals surface area (Å²) in [6, 6.07) is 29.6. The molecule has 0 spiro atoms. The van der Waals surface area contributed by atoms with E-state index in [1.165, 1.54) is 0 Å². The van der Waals surface area contributed by atoms with Crippen molar-refractivity contribution in [2.75, 3.05) is 6.61 Å². The maximum atomic E-state index is 10.9. The van der Waals surface area contributed by atoms with Gasteiger partial charge >= 0.3 is 0 Å². The zero-order valence-electron chi connectivity index (χ0n) is 17.7. The van der Waals surface area contributed by atoms with Gasteiger partial charge in [-0.25, -0.2) is 0 Å². The van der Waals surface area contributed by atoms with Gasteiger partial charge in [-0.05, 0) is 16.7 Å². The minimum atomic E-state index is -0.869. The summed E-state index contributed by atoms with van der Waals surface area (Å²) >= 11 is 0. The first-order valence-corrected chi connectivity index (χ1v) is 10.5. The second kappa shape index (κ2) is 12.8. The Hall–Kier alpha value is -2.76. The first-order chi connectivity index (χ1) is 15.3. The molecule has 1 unspecified atom stereocenters. The summed E-state index contributed by atoms with van der Waals surface area (Å²) in [5.74, 6) is 0. The first-order valence-electron chi connectivity index (χ1n) is 10.5. The highest BCUT2D eigenvalue weighted by molar-refractivity contribution is 5.15. The number of aliphatic hydroxyl groups is 1. The maximum Gasteiger partial charge on any atom is 0.116 e. The third-order valence-electron chi connectivity index (χ3n) is 4.91. The van der Waals surface area contributed by atoms with Crippen molar-refractivity contribution in [2.24, 2.45) is 0 Å². The number of hydrogen-bond donors (Lipinski definition) is 1. The van der Waals surface area contributed by atoms with Gasteiger partial charge in [-0.3, -0.25) is 0 Å². The highest BCUT2D eigenvalue weighted by atomic mass is 16.6. The van der Waals surface area contributed by atoms with Crippen LogP contribution in [0.3, 0.4) is 0 Å². The van der Waals surface area contributed by atoms with Crippen LogP contribution in [0, 0.1) is 0 Å². The summed E-state index contributed by atoms with van der Waals surface area (Å²) in [6.07, 6.45) is -0.290. The van der Waals surface area contributed by atoms with Gasteiger partial charge in [0.05, 0.1) is 26.4 Å². The third kappa shape index (κ3) is 7.78. The van der Waals surface area contributed by atoms with E-state index in [1.54, 1.807) is 6.08 Å². The zero-order valence-corrected chi connectivity index (χ0v) is 17.7. The van der Waals surface area contributed by atoms with Gasteiger partial charge in [-0.1, -0.05) is 97.1 Å². The lowest BCUT2D eigenvalue weighted by molar-refractivity contribution is -0.133. The molecule has 0 saturated heterocycles. The third-order valence-corrected chi connectivity index (χ3v) is 4.91. The van der Waals surface area contributed by atoms with Gasteiger partial charge in [-0.2, -0.15) is 0 Å². The van der Waals surface area contributed by atoms with E-state index in [0.717, 1.165) is 16.7 Å². The largest absolute Gasteiger partial charge is 0.388 e. The van der Waals surface area contributed by atoms with Crippen LogP contribution in [0.4, 0.5) is 0 Å². The monoisotopic (exact) mass is 418 g/mol. The van der Waals surface area contributed by atoms with Gasteiger partial charge in [0.2, 0.25) is 0 Å². The van der Waals surface area contributed by atoms with Crippen LogP contribution in [-0.4, -0.2) is 30.0 Å². The molecule has 1 N–H and O–H groups in total. The highest BCUT2D eigenvalue weighted by Gasteiger charge is 2.28. The van der Waals surface area contributed by atoms with Crippen molar-refractivity contribution < 1.29 is 19.3 Å². The van der Waals surface area contributed by atoms with Crippen LogP contribution in [0.1, 0.15) is 16.7 Å². The molecule has 0 aliphatic rings. The van der Waals surface area contributed by atoms with E-state index in [1.807, 2.05) is 91.0 Å². The molecule has 3 atom stereocenters. The van der Waals surface area contributed by atoms with Crippen LogP contribution in [0.25, 0.3) is 0 Å². The smallest absolute Gasteiger partial charge is 0.116 e. The standard InChI is InChI=1S/C27H30O4/c1-2-26(30-19-23-14-8-4-9-15-23)27(31-20-24-16-10-5-11-17-24)25(28)21-29-18-22-12-6-3-7-13-22/h2-17,25-28H,1,18-21H2/t25?,26-,27-/m1/s1. The van der Waals surface area contributed by atoms with E-state index >= 15 is 0 Å². The first kappa shape index (κ1) is 22.9. The molecule has 4 heteroatoms. The summed E-state index contributed by atoms with van der Waals surface area (Å²) in [5.41, 5.74) is 3.12. The molecule has 3 aromatic rings. The SMILES string of the molecule is C=C[C@@H](OCc1ccccc1)[C@H](OCc1ccccc1)C(O)COCc1ccccc1. The van der Waals surface area contributed by atoms with E-state index in [4.69, 9.17) is 14.2 Å². The van der Waals surface area contributed by atoms with Crippen molar-refractivity contribution in [3.8, 4) is 0 Å². The van der Waals surface area contributed by atoms with Gasteiger partial charge in [0.15, 0.2) is 0 Å². The second-order valence-corrected chi connectivity index (χ2v) is 7.33. The molecule has 0 aliphatic carbocycles. The van der Waals surface area contributed by atoms with Crippen molar-refractivity contribution >= 4 is 0 Å². The van der Waals surface area contributed by atoms with E-state index < -0.39 is 18.3 Å². The fourth-order valence-electron chi connectivity index (χ4n) is 3.22. The Morgan fingerprint density at radius 2 is 1.13 bits per heavy atom. The molecule has 31 heavy (non-hydrogen) atoms. The lowest BCUT2D eigenvalue weighted by Gasteiger charge is -2.29. The van der Waals surface area contributed by atoms with Gasteiger partial charge < -0.3 is 19.3 Å². The van der Waals surface area contributed by atoms with Crippen LogP contribution in [0.2, 0.25) is 0 Å². The molecule has 0 heterocycles. The molecular formula is C27H30O4. The highest BCUT2D eigenvalue weighted by Crippen LogP contribution is 2.17. The maximum absolute atomic E-state index is 10.9. The molecule has 0 aromatic heterocycles. The topological polar surface area (TPSA) is 47.9 Å². The quantitative estimate of drug-likeness (QED) is 0.400. The van der Waals surface area contributed by atoms with Gasteiger partial charge in [0, 0.05) is 0 Å². The number of aliphatic hydroxyl groups excluding tert-OH is 1. The molecule has 0 bridgehead atoms. The average Bonchev–Trinajstić information content (AvgIpc) is 2.83. The van der Waals surface area contributed by atoms with Gasteiger partial charge in [0.25, 0.3) is 0 Å². The molecular weight excluding hydrogens is 388 g/mol. The van der Waals surface area contributed by atoms with E-state index in [2.05, 4.69) is 6.58 Å². The Balaban J connectivity index is 1.62. The van der Waals surface area contributed by atoms with Crippen LogP contribution in [0.15, 0.2) is 104 Å². The summed E-state index contributed by atoms with van der Waals surface area (Å²) in [5, 5.41) is 10.9. The second-order valence-electron chi connectivity index (χ2n) is 7.33. The molecule has 162 valence electrons. The average molecular weight is 419 g/mol. The summed E-state index contributed by atoms with van der Waals surface area (Å²) in [6.45, 7) is 5.22. The molecule has 0 amide bonds. The van der Waals surface area contributed by atoms with Gasteiger partial charge in [-0.15, -0.1) is 6.58 Å². The normalized spacial score (nSPS) is 14.0. The van der Waals surface area contributed by atoms with E-state index in [-0.39, 0.29) is 6.61 Å². The van der Waals surface area contributed by atoms with Crippen molar-refractivity contribution in [2.45, 2.75) is 38.1 Å². The summed E-state index contributed by atoms with van der Waals surface area (Å²) in [4.78, 5) is 0. The Morgan fingerprint density at radius 1 is 0.677 bits per heavy atom. The molecule has 0 radical (unpaired) electrons. The minimum Gasteiger partial charge on any atom is -0.388 e. The van der Waals surface area contributed by atoms with Crippen LogP contribution in [0.5, 0.6) is 0 Å². The molecule has 0 aliphatic heterocycles. The van der Waals surface area contributed by atoms with Crippen LogP contribution >= 0.6 is 0 Å². The minimum absolute atomic E-state index is 0.132. The predicted octanol–water partition coefficient (Wildman–Crippen LogP) is 4.92. The van der Waals surface area contributed by atoms with Crippen molar-refractivity contribution in [1.29, 1.82) is 0 Å². The van der Waals surface area contributed by atoms with Crippen molar-refractivity contribution in [3.63, 3.8) is 0 Å². The fourth-order valence-corrected chi connectivity index (χ4v) is 3.22. The number of hydrogen-bond acceptors (Lipinski definition) is 4. The number of benzene rings is 3. The Labute approximate surface area is 184 Å². The predicted molar refractivity (Wildman–Crippen MR) is 122 cm³/mol. The van der Waals surface area contributed by atoms with E-state index in [9.17, 15) is 5.11 Å². The zero-order chi connectivity index (χ0) is 21.7. The van der Waals surface area contributed by atoms with E-state index in [0.29, 0.717) is 19.8 Å². The summed E-state index contributed by atoms with van der Waals surface area (Å²) in [7, 11) is 0. The fraction of sp³-hybridized carbons (Fsp3) is 0.259. The Bertz CT molecular complexity index is 868. The molecule has 3 aromatic carbocycles. The van der Waals surface area contributed by atoms with Crippen molar-refractivity contribution in [3.05, 3.63) is 120 Å². The van der Waals surface area contributed by atoms with Crippen LogP contribution < -0.4 is 0 Å². The Kier molecular flexibility index (Phi) is 9.48. The van der Waals surface area contributed by atoms with Crippen LogP contribution in [-0.2, 0) is 34.0 Å². The van der Waals surface area contributed by atoms with Gasteiger partial charge in [0.1, 0.15) is 18.3 Å². The van der Waals surface area contributed by atoms with Crippen molar-refractivity contribution in [1.82, 2.24) is 0 Å². The molecule has 0 fully saturated rings. The number of ether oxygens (including phenoxy) is 3. The molecule has 0 saturated carbocycles. The Morgan fingerprint density at radius 3 is 1.61 bits per heavy atom. The lowest BCUT2D eigenvalue weighted by atomic mass is 10.1.